The predicted molar refractivity (Wildman–Crippen MR) is 59.7 cm³/mol. The Bertz CT molecular complexity index is 322. The Morgan fingerprint density at radius 1 is 1.33 bits per heavy atom. The minimum atomic E-state index is 0.518. The van der Waals surface area contributed by atoms with Gasteiger partial charge in [-0.3, -0.25) is 0 Å². The van der Waals surface area contributed by atoms with E-state index in [4.69, 9.17) is 0 Å². The summed E-state index contributed by atoms with van der Waals surface area (Å²) in [4.78, 5) is 2.64. The maximum absolute atomic E-state index is 2.64. The molecule has 2 fully saturated rings. The molecule has 0 bridgehead atoms. The van der Waals surface area contributed by atoms with E-state index in [1.54, 1.807) is 15.6 Å². The Balaban J connectivity index is 1.94. The third-order valence-electron chi connectivity index (χ3n) is 5.09. The van der Waals surface area contributed by atoms with Gasteiger partial charge in [-0.05, 0) is 0 Å². The summed E-state index contributed by atoms with van der Waals surface area (Å²) in [6.07, 6.45) is 4.33. The summed E-state index contributed by atoms with van der Waals surface area (Å²) in [7, 11) is 2.34. The standard InChI is InChI=1S/C13H21IN/c1-9-4-5-13(10(9)2)6-7-15(3)11-8-14-12(11)13/h11-12H,4-8H2,1-3H3/q-1/t11-,12+,13+/m1/s1. The molecule has 2 saturated heterocycles. The van der Waals surface area contributed by atoms with Crippen molar-refractivity contribution in [1.29, 1.82) is 0 Å². The second-order valence-electron chi connectivity index (χ2n) is 5.57. The molecule has 1 spiro atoms. The quantitative estimate of drug-likeness (QED) is 0.324. The molecule has 1 aliphatic carbocycles. The van der Waals surface area contributed by atoms with Crippen molar-refractivity contribution in [1.82, 2.24) is 4.90 Å². The van der Waals surface area contributed by atoms with Crippen LogP contribution < -0.4 is 21.2 Å². The maximum atomic E-state index is 2.64. The molecule has 0 amide bonds. The van der Waals surface area contributed by atoms with Gasteiger partial charge >= 0.3 is 104 Å². The van der Waals surface area contributed by atoms with Crippen LogP contribution in [-0.4, -0.2) is 32.9 Å². The van der Waals surface area contributed by atoms with E-state index in [0.29, 0.717) is 26.6 Å². The number of alkyl halides is 2. The first kappa shape index (κ1) is 10.6. The number of rotatable bonds is 0. The van der Waals surface area contributed by atoms with Gasteiger partial charge in [0.1, 0.15) is 0 Å². The molecular weight excluding hydrogens is 297 g/mol. The number of hydrogen-bond acceptors (Lipinski definition) is 1. The molecule has 86 valence electrons. The molecular formula is C13H21IN-. The number of likely N-dealkylation sites (tertiary alicyclic amines) is 1. The van der Waals surface area contributed by atoms with Gasteiger partial charge in [0.05, 0.1) is 0 Å². The molecule has 3 atom stereocenters. The summed E-state index contributed by atoms with van der Waals surface area (Å²) in [6.45, 7) is 6.15. The molecule has 2 heteroatoms. The van der Waals surface area contributed by atoms with E-state index in [9.17, 15) is 0 Å². The first-order valence-corrected chi connectivity index (χ1v) is 8.87. The number of allylic oxidation sites excluding steroid dienone is 2. The number of nitrogens with zero attached hydrogens (tertiary/aromatic N) is 1. The Kier molecular flexibility index (Phi) is 2.44. The Morgan fingerprint density at radius 2 is 2.13 bits per heavy atom. The number of fused-ring (bicyclic) bond motifs is 2. The molecule has 3 aliphatic rings. The van der Waals surface area contributed by atoms with Crippen LogP contribution in [0.4, 0.5) is 0 Å². The van der Waals surface area contributed by atoms with E-state index >= 15 is 0 Å². The van der Waals surface area contributed by atoms with Crippen LogP contribution in [0, 0.1) is 5.41 Å². The zero-order chi connectivity index (χ0) is 10.6. The predicted octanol–water partition coefficient (Wildman–Crippen LogP) is -0.722. The molecule has 0 saturated carbocycles. The van der Waals surface area contributed by atoms with E-state index in [1.165, 1.54) is 25.8 Å². The van der Waals surface area contributed by atoms with Crippen molar-refractivity contribution in [2.75, 3.05) is 18.0 Å². The molecule has 0 N–H and O–H groups in total. The summed E-state index contributed by atoms with van der Waals surface area (Å²) in [5, 5.41) is 0. The Hall–Kier alpha value is 0.430. The van der Waals surface area contributed by atoms with E-state index in [0.717, 1.165) is 9.97 Å². The van der Waals surface area contributed by atoms with Crippen LogP contribution in [0.1, 0.15) is 33.1 Å². The first-order chi connectivity index (χ1) is 7.15. The van der Waals surface area contributed by atoms with Gasteiger partial charge in [-0.1, -0.05) is 0 Å². The molecule has 0 aromatic carbocycles. The van der Waals surface area contributed by atoms with Crippen molar-refractivity contribution in [3.63, 3.8) is 0 Å². The summed E-state index contributed by atoms with van der Waals surface area (Å²) in [5.41, 5.74) is 4.20. The SMILES string of the molecule is CC1=C(C)[C@]2(CC1)CCN(C)[C@@H]1C[I-][C@@H]12. The fourth-order valence-corrected chi connectivity index (χ4v) is 8.29. The van der Waals surface area contributed by atoms with Crippen molar-refractivity contribution >= 4 is 0 Å². The van der Waals surface area contributed by atoms with Gasteiger partial charge in [0.15, 0.2) is 0 Å². The van der Waals surface area contributed by atoms with Crippen LogP contribution in [0.25, 0.3) is 0 Å². The second kappa shape index (κ2) is 3.46. The molecule has 1 nitrogen and oxygen atoms in total. The van der Waals surface area contributed by atoms with Gasteiger partial charge in [0.2, 0.25) is 0 Å². The summed E-state index contributed by atoms with van der Waals surface area (Å²) >= 11 is 0.518. The van der Waals surface area contributed by atoms with Gasteiger partial charge in [-0.15, -0.1) is 0 Å². The number of piperidine rings is 1. The van der Waals surface area contributed by atoms with Crippen molar-refractivity contribution in [3.05, 3.63) is 11.1 Å². The van der Waals surface area contributed by atoms with Crippen molar-refractivity contribution in [2.24, 2.45) is 5.41 Å². The topological polar surface area (TPSA) is 3.24 Å². The average Bonchev–Trinajstić information content (AvgIpc) is 2.41. The number of halogens is 1. The molecule has 15 heavy (non-hydrogen) atoms. The molecule has 2 heterocycles. The second-order valence-corrected chi connectivity index (χ2v) is 8.67. The zero-order valence-corrected chi connectivity index (χ0v) is 12.2. The number of hydrogen-bond donors (Lipinski definition) is 0. The molecule has 0 aromatic heterocycles. The van der Waals surface area contributed by atoms with Gasteiger partial charge in [0.25, 0.3) is 0 Å². The monoisotopic (exact) mass is 318 g/mol. The Labute approximate surface area is 104 Å². The van der Waals surface area contributed by atoms with Crippen molar-refractivity contribution in [3.8, 4) is 0 Å². The minimum absolute atomic E-state index is 0.518. The van der Waals surface area contributed by atoms with Crippen molar-refractivity contribution < 1.29 is 21.2 Å². The normalized spacial score (nSPS) is 46.3. The summed E-state index contributed by atoms with van der Waals surface area (Å²) in [6, 6.07) is 0.965. The fraction of sp³-hybridized carbons (Fsp3) is 0.846. The van der Waals surface area contributed by atoms with E-state index in [-0.39, 0.29) is 0 Å². The third-order valence-corrected chi connectivity index (χ3v) is 9.47. The summed E-state index contributed by atoms with van der Waals surface area (Å²) < 4.78 is 2.67. The summed E-state index contributed by atoms with van der Waals surface area (Å²) in [5.74, 6) is 0. The van der Waals surface area contributed by atoms with Crippen LogP contribution in [0.2, 0.25) is 0 Å². The van der Waals surface area contributed by atoms with Crippen LogP contribution in [-0.2, 0) is 0 Å². The van der Waals surface area contributed by atoms with E-state index in [2.05, 4.69) is 25.8 Å². The van der Waals surface area contributed by atoms with Gasteiger partial charge < -0.3 is 0 Å². The van der Waals surface area contributed by atoms with Crippen molar-refractivity contribution in [2.45, 2.75) is 43.1 Å². The molecule has 0 radical (unpaired) electrons. The van der Waals surface area contributed by atoms with Crippen LogP contribution >= 0.6 is 0 Å². The first-order valence-electron chi connectivity index (χ1n) is 6.10. The molecule has 0 aromatic rings. The van der Waals surface area contributed by atoms with Gasteiger partial charge in [0, 0.05) is 0 Å². The van der Waals surface area contributed by atoms with E-state index < -0.39 is 0 Å². The fourth-order valence-electron chi connectivity index (χ4n) is 3.66. The third kappa shape index (κ3) is 1.30. The van der Waals surface area contributed by atoms with Crippen LogP contribution in [0.15, 0.2) is 11.1 Å². The Morgan fingerprint density at radius 3 is 2.67 bits per heavy atom. The van der Waals surface area contributed by atoms with Crippen LogP contribution in [0.3, 0.4) is 0 Å². The molecule has 0 unspecified atom stereocenters. The molecule has 2 aliphatic heterocycles. The van der Waals surface area contributed by atoms with Gasteiger partial charge in [-0.25, -0.2) is 0 Å². The molecule has 3 rings (SSSR count). The zero-order valence-electron chi connectivity index (χ0n) is 10.0. The average molecular weight is 318 g/mol. The van der Waals surface area contributed by atoms with Gasteiger partial charge in [-0.2, -0.15) is 0 Å². The van der Waals surface area contributed by atoms with E-state index in [1.807, 2.05) is 0 Å². The van der Waals surface area contributed by atoms with Crippen LogP contribution in [0.5, 0.6) is 0 Å².